The van der Waals surface area contributed by atoms with Crippen LogP contribution in [-0.4, -0.2) is 27.8 Å². The van der Waals surface area contributed by atoms with Gasteiger partial charge in [-0.1, -0.05) is 32.5 Å². The fraction of sp³-hybridized carbons (Fsp3) is 0.529. The number of halogens is 3. The number of aromatic nitrogens is 2. The maximum atomic E-state index is 13.0. The zero-order chi connectivity index (χ0) is 18.6. The maximum absolute atomic E-state index is 13.0. The Morgan fingerprint density at radius 3 is 2.68 bits per heavy atom. The molecule has 0 aliphatic rings. The van der Waals surface area contributed by atoms with Gasteiger partial charge in [0.25, 0.3) is 0 Å². The smallest absolute Gasteiger partial charge is 0.355 e. The first-order valence-corrected chi connectivity index (χ1v) is 9.18. The van der Waals surface area contributed by atoms with Gasteiger partial charge in [-0.25, -0.2) is 4.98 Å². The van der Waals surface area contributed by atoms with Gasteiger partial charge in [0.15, 0.2) is 5.16 Å². The molecule has 0 aliphatic heterocycles. The molecule has 4 nitrogen and oxygen atoms in total. The highest BCUT2D eigenvalue weighted by Crippen LogP contribution is 2.33. The van der Waals surface area contributed by atoms with Crippen molar-refractivity contribution < 1.29 is 18.0 Å². The molecule has 1 heterocycles. The Labute approximate surface area is 149 Å². The second-order valence-corrected chi connectivity index (χ2v) is 7.18. The van der Waals surface area contributed by atoms with E-state index < -0.39 is 11.7 Å². The van der Waals surface area contributed by atoms with E-state index in [9.17, 15) is 18.0 Å². The second kappa shape index (κ2) is 8.12. The Kier molecular flexibility index (Phi) is 6.37. The zero-order valence-electron chi connectivity index (χ0n) is 14.5. The average molecular weight is 373 g/mol. The fourth-order valence-electron chi connectivity index (χ4n) is 2.33. The number of hydrogen-bond acceptors (Lipinski definition) is 3. The molecular weight excluding hydrogens is 351 g/mol. The molecule has 25 heavy (non-hydrogen) atoms. The van der Waals surface area contributed by atoms with E-state index in [0.717, 1.165) is 18.6 Å². The minimum Gasteiger partial charge on any atom is -0.355 e. The van der Waals surface area contributed by atoms with Crippen LogP contribution in [0.2, 0.25) is 0 Å². The predicted molar refractivity (Wildman–Crippen MR) is 93.6 cm³/mol. The van der Waals surface area contributed by atoms with Gasteiger partial charge in [-0.2, -0.15) is 13.2 Å². The summed E-state index contributed by atoms with van der Waals surface area (Å²) < 4.78 is 40.6. The van der Waals surface area contributed by atoms with Crippen LogP contribution in [0.25, 0.3) is 11.0 Å². The van der Waals surface area contributed by atoms with Crippen molar-refractivity contribution in [2.75, 3.05) is 12.3 Å². The van der Waals surface area contributed by atoms with E-state index in [1.165, 1.54) is 17.8 Å². The monoisotopic (exact) mass is 373 g/mol. The molecule has 1 N–H and O–H groups in total. The summed E-state index contributed by atoms with van der Waals surface area (Å²) in [5, 5.41) is 3.39. The van der Waals surface area contributed by atoms with Crippen LogP contribution in [0.3, 0.4) is 0 Å². The van der Waals surface area contributed by atoms with E-state index in [1.54, 1.807) is 4.57 Å². The predicted octanol–water partition coefficient (Wildman–Crippen LogP) is 4.33. The van der Waals surface area contributed by atoms with E-state index in [1.807, 2.05) is 20.8 Å². The van der Waals surface area contributed by atoms with Crippen LogP contribution >= 0.6 is 11.8 Å². The lowest BCUT2D eigenvalue weighted by atomic mass is 10.2. The molecule has 8 heteroatoms. The van der Waals surface area contributed by atoms with E-state index in [0.29, 0.717) is 35.2 Å². The number of carbonyl (C=O) groups excluding carboxylic acids is 1. The Bertz CT molecular complexity index is 741. The number of carbonyl (C=O) groups is 1. The van der Waals surface area contributed by atoms with Crippen LogP contribution in [0.4, 0.5) is 13.2 Å². The van der Waals surface area contributed by atoms with Gasteiger partial charge in [-0.3, -0.25) is 4.79 Å². The summed E-state index contributed by atoms with van der Waals surface area (Å²) >= 11 is 1.24. The zero-order valence-corrected chi connectivity index (χ0v) is 15.3. The quantitative estimate of drug-likeness (QED) is 0.735. The number of thioether (sulfide) groups is 1. The van der Waals surface area contributed by atoms with Gasteiger partial charge >= 0.3 is 6.18 Å². The first-order chi connectivity index (χ1) is 11.7. The van der Waals surface area contributed by atoms with Crippen LogP contribution < -0.4 is 5.32 Å². The van der Waals surface area contributed by atoms with Crippen molar-refractivity contribution in [3.05, 3.63) is 23.8 Å². The summed E-state index contributed by atoms with van der Waals surface area (Å²) in [6, 6.07) is 3.55. The Morgan fingerprint density at radius 1 is 1.36 bits per heavy atom. The highest BCUT2D eigenvalue weighted by Gasteiger charge is 2.31. The number of alkyl halides is 3. The third kappa shape index (κ3) is 5.14. The number of imidazole rings is 1. The van der Waals surface area contributed by atoms with Crippen LogP contribution in [0, 0.1) is 5.92 Å². The number of rotatable bonds is 7. The van der Waals surface area contributed by atoms with E-state index in [4.69, 9.17) is 0 Å². The Hall–Kier alpha value is -1.70. The topological polar surface area (TPSA) is 46.9 Å². The normalized spacial score (nSPS) is 12.1. The summed E-state index contributed by atoms with van der Waals surface area (Å²) in [6.07, 6.45) is -3.63. The molecule has 2 rings (SSSR count). The number of fused-ring (bicyclic) bond motifs is 1. The van der Waals surface area contributed by atoms with Gasteiger partial charge < -0.3 is 9.88 Å². The number of nitrogens with zero attached hydrogens (tertiary/aromatic N) is 2. The molecule has 2 aromatic rings. The first-order valence-electron chi connectivity index (χ1n) is 8.19. The van der Waals surface area contributed by atoms with Crippen LogP contribution in [-0.2, 0) is 17.5 Å². The van der Waals surface area contributed by atoms with Crippen molar-refractivity contribution in [2.24, 2.45) is 5.92 Å². The summed E-state index contributed by atoms with van der Waals surface area (Å²) in [6.45, 7) is 7.11. The van der Waals surface area contributed by atoms with Crippen LogP contribution in [0.5, 0.6) is 0 Å². The molecule has 0 bridgehead atoms. The SMILES string of the molecule is CCCn1c(SCC(=O)NCC(C)C)nc2ccc(C(F)(F)F)cc21. The minimum atomic E-state index is -4.39. The van der Waals surface area contributed by atoms with Crippen molar-refractivity contribution in [3.8, 4) is 0 Å². The largest absolute Gasteiger partial charge is 0.416 e. The molecule has 0 radical (unpaired) electrons. The Balaban J connectivity index is 2.24. The van der Waals surface area contributed by atoms with E-state index >= 15 is 0 Å². The van der Waals surface area contributed by atoms with Crippen LogP contribution in [0.15, 0.2) is 23.4 Å². The molecule has 0 saturated heterocycles. The van der Waals surface area contributed by atoms with Crippen molar-refractivity contribution in [3.63, 3.8) is 0 Å². The molecule has 1 aromatic heterocycles. The standard InChI is InChI=1S/C17H22F3N3OS/c1-4-7-23-14-8-12(17(18,19)20)5-6-13(14)22-16(23)25-10-15(24)21-9-11(2)3/h5-6,8,11H,4,7,9-10H2,1-3H3,(H,21,24). The number of aryl methyl sites for hydroxylation is 1. The average Bonchev–Trinajstić information content (AvgIpc) is 2.87. The van der Waals surface area contributed by atoms with Gasteiger partial charge in [0.1, 0.15) is 0 Å². The van der Waals surface area contributed by atoms with Gasteiger partial charge in [0, 0.05) is 13.1 Å². The molecule has 0 fully saturated rings. The maximum Gasteiger partial charge on any atom is 0.416 e. The van der Waals surface area contributed by atoms with Crippen molar-refractivity contribution in [1.82, 2.24) is 14.9 Å². The summed E-state index contributed by atoms with van der Waals surface area (Å²) in [5.74, 6) is 0.440. The van der Waals surface area contributed by atoms with Gasteiger partial charge in [0.05, 0.1) is 22.3 Å². The molecule has 0 aliphatic carbocycles. The summed E-state index contributed by atoms with van der Waals surface area (Å²) in [4.78, 5) is 16.3. The van der Waals surface area contributed by atoms with Crippen molar-refractivity contribution in [2.45, 2.75) is 45.1 Å². The highest BCUT2D eigenvalue weighted by atomic mass is 32.2. The molecule has 0 spiro atoms. The third-order valence-electron chi connectivity index (χ3n) is 3.53. The van der Waals surface area contributed by atoms with Crippen molar-refractivity contribution >= 4 is 28.7 Å². The van der Waals surface area contributed by atoms with E-state index in [-0.39, 0.29) is 11.7 Å². The number of amides is 1. The van der Waals surface area contributed by atoms with Gasteiger partial charge in [-0.15, -0.1) is 0 Å². The molecule has 138 valence electrons. The number of benzene rings is 1. The lowest BCUT2D eigenvalue weighted by Crippen LogP contribution is -2.28. The lowest BCUT2D eigenvalue weighted by molar-refractivity contribution is -0.137. The van der Waals surface area contributed by atoms with Gasteiger partial charge in [0.2, 0.25) is 5.91 Å². The lowest BCUT2D eigenvalue weighted by Gasteiger charge is -2.10. The van der Waals surface area contributed by atoms with Gasteiger partial charge in [-0.05, 0) is 30.5 Å². The number of nitrogens with one attached hydrogen (secondary N) is 1. The highest BCUT2D eigenvalue weighted by molar-refractivity contribution is 7.99. The summed E-state index contributed by atoms with van der Waals surface area (Å²) in [5.41, 5.74) is 0.261. The Morgan fingerprint density at radius 2 is 2.08 bits per heavy atom. The molecular formula is C17H22F3N3OS. The molecule has 0 saturated carbocycles. The first kappa shape index (κ1) is 19.6. The fourth-order valence-corrected chi connectivity index (χ4v) is 3.20. The molecule has 1 amide bonds. The minimum absolute atomic E-state index is 0.107. The van der Waals surface area contributed by atoms with Crippen LogP contribution in [0.1, 0.15) is 32.8 Å². The third-order valence-corrected chi connectivity index (χ3v) is 4.50. The summed E-state index contributed by atoms with van der Waals surface area (Å²) in [7, 11) is 0. The molecule has 0 atom stereocenters. The van der Waals surface area contributed by atoms with E-state index in [2.05, 4.69) is 10.3 Å². The molecule has 0 unspecified atom stereocenters. The second-order valence-electron chi connectivity index (χ2n) is 6.23. The molecule has 1 aromatic carbocycles. The number of hydrogen-bond donors (Lipinski definition) is 1. The van der Waals surface area contributed by atoms with Crippen molar-refractivity contribution in [1.29, 1.82) is 0 Å².